The van der Waals surface area contributed by atoms with Crippen LogP contribution in [0.25, 0.3) is 6.08 Å². The molecule has 1 aromatic rings. The Morgan fingerprint density at radius 1 is 1.41 bits per heavy atom. The largest absolute Gasteiger partial charge is 0.366 e. The summed E-state index contributed by atoms with van der Waals surface area (Å²) in [5.74, 6) is 1.25. The van der Waals surface area contributed by atoms with Gasteiger partial charge in [0.15, 0.2) is 0 Å². The molecule has 0 bridgehead atoms. The number of carbonyl (C=O) groups is 1. The lowest BCUT2D eigenvalue weighted by Gasteiger charge is -2.16. The number of nitrogens with one attached hydrogen (secondary N) is 2. The van der Waals surface area contributed by atoms with E-state index in [9.17, 15) is 4.79 Å². The van der Waals surface area contributed by atoms with Crippen molar-refractivity contribution in [2.24, 2.45) is 5.92 Å². The first kappa shape index (κ1) is 15.0. The van der Waals surface area contributed by atoms with Crippen molar-refractivity contribution in [2.45, 2.75) is 25.3 Å². The summed E-state index contributed by atoms with van der Waals surface area (Å²) in [6.07, 6.45) is 8.54. The first-order valence-corrected chi connectivity index (χ1v) is 7.80. The highest BCUT2D eigenvalue weighted by atomic mass is 16.5. The van der Waals surface area contributed by atoms with Gasteiger partial charge in [-0.15, -0.1) is 0 Å². The SMILES string of the molecule is O=C(/C=C/c1ccc(NC2CCN(CC3CC3)C2)nc1)NO. The van der Waals surface area contributed by atoms with E-state index in [0.29, 0.717) is 6.04 Å². The summed E-state index contributed by atoms with van der Waals surface area (Å²) in [6, 6.07) is 4.28. The molecule has 1 aliphatic carbocycles. The number of likely N-dealkylation sites (tertiary alicyclic amines) is 1. The Bertz CT molecular complexity index is 540. The average molecular weight is 302 g/mol. The number of aromatic nitrogens is 1. The number of carbonyl (C=O) groups excluding carboxylic acids is 1. The number of hydrogen-bond acceptors (Lipinski definition) is 5. The molecule has 1 atom stereocenters. The Kier molecular flexibility index (Phi) is 4.70. The fourth-order valence-electron chi connectivity index (χ4n) is 2.79. The lowest BCUT2D eigenvalue weighted by molar-refractivity contribution is -0.124. The topological polar surface area (TPSA) is 77.5 Å². The van der Waals surface area contributed by atoms with E-state index in [2.05, 4.69) is 15.2 Å². The third-order valence-electron chi connectivity index (χ3n) is 4.16. The maximum absolute atomic E-state index is 10.9. The van der Waals surface area contributed by atoms with Gasteiger partial charge >= 0.3 is 0 Å². The maximum Gasteiger partial charge on any atom is 0.267 e. The molecule has 6 nitrogen and oxygen atoms in total. The molecule has 6 heteroatoms. The number of rotatable bonds is 6. The van der Waals surface area contributed by atoms with Crippen LogP contribution >= 0.6 is 0 Å². The van der Waals surface area contributed by atoms with Crippen LogP contribution in [0.15, 0.2) is 24.4 Å². The van der Waals surface area contributed by atoms with Gasteiger partial charge < -0.3 is 10.2 Å². The summed E-state index contributed by atoms with van der Waals surface area (Å²) in [6.45, 7) is 3.52. The molecule has 1 saturated carbocycles. The summed E-state index contributed by atoms with van der Waals surface area (Å²) >= 11 is 0. The molecule has 0 aromatic carbocycles. The van der Waals surface area contributed by atoms with E-state index in [4.69, 9.17) is 5.21 Å². The smallest absolute Gasteiger partial charge is 0.267 e. The van der Waals surface area contributed by atoms with Crippen LogP contribution in [0, 0.1) is 5.92 Å². The highest BCUT2D eigenvalue weighted by molar-refractivity contribution is 5.90. The van der Waals surface area contributed by atoms with Crippen LogP contribution in [0.1, 0.15) is 24.8 Å². The van der Waals surface area contributed by atoms with E-state index in [-0.39, 0.29) is 0 Å². The average Bonchev–Trinajstić information content (AvgIpc) is 3.24. The number of hydroxylamine groups is 1. The van der Waals surface area contributed by atoms with Crippen LogP contribution in [0.5, 0.6) is 0 Å². The Morgan fingerprint density at radius 3 is 2.95 bits per heavy atom. The zero-order valence-corrected chi connectivity index (χ0v) is 12.5. The zero-order valence-electron chi connectivity index (χ0n) is 12.5. The first-order chi connectivity index (χ1) is 10.7. The summed E-state index contributed by atoms with van der Waals surface area (Å²) in [4.78, 5) is 17.8. The molecule has 1 amide bonds. The van der Waals surface area contributed by atoms with Gasteiger partial charge in [-0.05, 0) is 49.0 Å². The van der Waals surface area contributed by atoms with Gasteiger partial charge in [0.1, 0.15) is 5.82 Å². The molecule has 3 N–H and O–H groups in total. The van der Waals surface area contributed by atoms with Crippen molar-refractivity contribution in [3.8, 4) is 0 Å². The molecule has 0 radical (unpaired) electrons. The second-order valence-electron chi connectivity index (χ2n) is 6.12. The van der Waals surface area contributed by atoms with Gasteiger partial charge in [-0.1, -0.05) is 0 Å². The van der Waals surface area contributed by atoms with Gasteiger partial charge in [0.05, 0.1) is 0 Å². The van der Waals surface area contributed by atoms with E-state index >= 15 is 0 Å². The lowest BCUT2D eigenvalue weighted by atomic mass is 10.2. The van der Waals surface area contributed by atoms with Gasteiger partial charge in [-0.2, -0.15) is 0 Å². The molecule has 1 aliphatic heterocycles. The van der Waals surface area contributed by atoms with Crippen LogP contribution in [-0.2, 0) is 4.79 Å². The Balaban J connectivity index is 1.48. The zero-order chi connectivity index (χ0) is 15.4. The van der Waals surface area contributed by atoms with Crippen molar-refractivity contribution in [3.63, 3.8) is 0 Å². The fourth-order valence-corrected chi connectivity index (χ4v) is 2.79. The van der Waals surface area contributed by atoms with E-state index < -0.39 is 5.91 Å². The molecule has 0 spiro atoms. The second kappa shape index (κ2) is 6.89. The Labute approximate surface area is 130 Å². The van der Waals surface area contributed by atoms with Crippen LogP contribution < -0.4 is 10.8 Å². The summed E-state index contributed by atoms with van der Waals surface area (Å²) in [5, 5.41) is 11.9. The van der Waals surface area contributed by atoms with E-state index in [0.717, 1.165) is 30.3 Å². The second-order valence-corrected chi connectivity index (χ2v) is 6.12. The number of anilines is 1. The van der Waals surface area contributed by atoms with Crippen molar-refractivity contribution < 1.29 is 10.0 Å². The minimum absolute atomic E-state index is 0.466. The van der Waals surface area contributed by atoms with Gasteiger partial charge in [0, 0.05) is 37.9 Å². The highest BCUT2D eigenvalue weighted by Gasteiger charge is 2.29. The van der Waals surface area contributed by atoms with Crippen molar-refractivity contribution >= 4 is 17.8 Å². The summed E-state index contributed by atoms with van der Waals surface area (Å²) in [5.41, 5.74) is 2.37. The standard InChI is InChI=1S/C16H22N4O2/c21-16(19-22)6-4-12-3-5-15(17-9-12)18-14-7-8-20(11-14)10-13-1-2-13/h3-6,9,13-14,22H,1-2,7-8,10-11H2,(H,17,18)(H,19,21)/b6-4+. The van der Waals surface area contributed by atoms with Crippen LogP contribution in [0.3, 0.4) is 0 Å². The van der Waals surface area contributed by atoms with Crippen LogP contribution in [-0.4, -0.2) is 46.7 Å². The van der Waals surface area contributed by atoms with E-state index in [1.807, 2.05) is 12.1 Å². The number of amides is 1. The molecule has 1 unspecified atom stereocenters. The number of pyridine rings is 1. The lowest BCUT2D eigenvalue weighted by Crippen LogP contribution is -2.28. The predicted octanol–water partition coefficient (Wildman–Crippen LogP) is 1.50. The molecule has 2 fully saturated rings. The third-order valence-corrected chi connectivity index (χ3v) is 4.16. The monoisotopic (exact) mass is 302 g/mol. The quantitative estimate of drug-likeness (QED) is 0.422. The predicted molar refractivity (Wildman–Crippen MR) is 84.4 cm³/mol. The minimum Gasteiger partial charge on any atom is -0.366 e. The third kappa shape index (κ3) is 4.29. The van der Waals surface area contributed by atoms with Gasteiger partial charge in [-0.3, -0.25) is 10.0 Å². The molecule has 2 heterocycles. The van der Waals surface area contributed by atoms with Gasteiger partial charge in [0.25, 0.3) is 5.91 Å². The molecule has 2 aliphatic rings. The van der Waals surface area contributed by atoms with E-state index in [1.165, 1.54) is 32.0 Å². The summed E-state index contributed by atoms with van der Waals surface area (Å²) < 4.78 is 0. The summed E-state index contributed by atoms with van der Waals surface area (Å²) in [7, 11) is 0. The highest BCUT2D eigenvalue weighted by Crippen LogP contribution is 2.31. The van der Waals surface area contributed by atoms with Gasteiger partial charge in [0.2, 0.25) is 0 Å². The fraction of sp³-hybridized carbons (Fsp3) is 0.500. The Morgan fingerprint density at radius 2 is 2.27 bits per heavy atom. The Hall–Kier alpha value is -1.92. The van der Waals surface area contributed by atoms with E-state index in [1.54, 1.807) is 17.8 Å². The van der Waals surface area contributed by atoms with Crippen LogP contribution in [0.2, 0.25) is 0 Å². The molecule has 118 valence electrons. The molecule has 3 rings (SSSR count). The molecular formula is C16H22N4O2. The van der Waals surface area contributed by atoms with Crippen molar-refractivity contribution in [2.75, 3.05) is 25.0 Å². The molecule has 22 heavy (non-hydrogen) atoms. The normalized spacial score (nSPS) is 22.1. The molecule has 1 saturated heterocycles. The molecular weight excluding hydrogens is 280 g/mol. The van der Waals surface area contributed by atoms with Crippen molar-refractivity contribution in [1.29, 1.82) is 0 Å². The maximum atomic E-state index is 10.9. The minimum atomic E-state index is -0.552. The molecule has 1 aromatic heterocycles. The number of nitrogens with zero attached hydrogens (tertiary/aromatic N) is 2. The van der Waals surface area contributed by atoms with Crippen molar-refractivity contribution in [3.05, 3.63) is 30.0 Å². The first-order valence-electron chi connectivity index (χ1n) is 7.80. The van der Waals surface area contributed by atoms with Gasteiger partial charge in [-0.25, -0.2) is 10.5 Å². The van der Waals surface area contributed by atoms with Crippen LogP contribution in [0.4, 0.5) is 5.82 Å². The number of hydrogen-bond donors (Lipinski definition) is 3. The van der Waals surface area contributed by atoms with Crippen molar-refractivity contribution in [1.82, 2.24) is 15.4 Å².